The number of likely N-dealkylation sites (tertiary alicyclic amines) is 1. The highest BCUT2D eigenvalue weighted by molar-refractivity contribution is 6.30. The molecule has 1 aliphatic heterocycles. The molecule has 1 fully saturated rings. The zero-order valence-electron chi connectivity index (χ0n) is 18.0. The Balaban J connectivity index is 1.53. The van der Waals surface area contributed by atoms with E-state index in [4.69, 9.17) is 21.1 Å². The van der Waals surface area contributed by atoms with E-state index in [2.05, 4.69) is 10.6 Å². The highest BCUT2D eigenvalue weighted by Gasteiger charge is 2.30. The average Bonchev–Trinajstić information content (AvgIpc) is 2.80. The number of halogens is 1. The predicted molar refractivity (Wildman–Crippen MR) is 122 cm³/mol. The van der Waals surface area contributed by atoms with Gasteiger partial charge in [0.2, 0.25) is 5.91 Å². The van der Waals surface area contributed by atoms with E-state index >= 15 is 0 Å². The van der Waals surface area contributed by atoms with Crippen LogP contribution in [0.15, 0.2) is 42.5 Å². The van der Waals surface area contributed by atoms with Crippen molar-refractivity contribution in [3.05, 3.63) is 47.5 Å². The molecule has 3 amide bonds. The van der Waals surface area contributed by atoms with Gasteiger partial charge < -0.3 is 25.0 Å². The van der Waals surface area contributed by atoms with E-state index in [1.54, 1.807) is 61.6 Å². The molecule has 1 saturated heterocycles. The average molecular weight is 446 g/mol. The first-order valence-electron chi connectivity index (χ1n) is 10.3. The van der Waals surface area contributed by atoms with Gasteiger partial charge in [0.1, 0.15) is 11.5 Å². The normalized spacial score (nSPS) is 15.2. The zero-order valence-corrected chi connectivity index (χ0v) is 18.7. The van der Waals surface area contributed by atoms with Crippen LogP contribution in [0.1, 0.15) is 19.8 Å². The number of amides is 3. The van der Waals surface area contributed by atoms with Crippen molar-refractivity contribution in [3.63, 3.8) is 0 Å². The monoisotopic (exact) mass is 445 g/mol. The largest absolute Gasteiger partial charge is 0.497 e. The van der Waals surface area contributed by atoms with Crippen molar-refractivity contribution in [2.45, 2.75) is 19.8 Å². The van der Waals surface area contributed by atoms with Crippen molar-refractivity contribution >= 4 is 34.9 Å². The lowest BCUT2D eigenvalue weighted by molar-refractivity contribution is -0.121. The number of methoxy groups -OCH3 is 2. The summed E-state index contributed by atoms with van der Waals surface area (Å²) in [6.07, 6.45) is 1.52. The van der Waals surface area contributed by atoms with Crippen LogP contribution in [0.2, 0.25) is 5.02 Å². The fourth-order valence-electron chi connectivity index (χ4n) is 3.71. The second kappa shape index (κ2) is 10.4. The molecule has 0 aliphatic carbocycles. The number of nitrogens with one attached hydrogen (secondary N) is 2. The Morgan fingerprint density at radius 2 is 1.71 bits per heavy atom. The first-order chi connectivity index (χ1) is 14.9. The topological polar surface area (TPSA) is 79.9 Å². The fourth-order valence-corrected chi connectivity index (χ4v) is 3.84. The third-order valence-corrected chi connectivity index (χ3v) is 5.96. The maximum atomic E-state index is 12.9. The van der Waals surface area contributed by atoms with Gasteiger partial charge in [-0.05, 0) is 55.2 Å². The number of rotatable bonds is 6. The van der Waals surface area contributed by atoms with E-state index in [9.17, 15) is 9.59 Å². The van der Waals surface area contributed by atoms with Gasteiger partial charge in [0.25, 0.3) is 0 Å². The summed E-state index contributed by atoms with van der Waals surface area (Å²) in [5.74, 6) is 1.14. The van der Waals surface area contributed by atoms with Crippen molar-refractivity contribution in [2.75, 3.05) is 37.9 Å². The predicted octanol–water partition coefficient (Wildman–Crippen LogP) is 4.88. The van der Waals surface area contributed by atoms with Crippen LogP contribution in [0.4, 0.5) is 16.2 Å². The molecule has 1 atom stereocenters. The van der Waals surface area contributed by atoms with Gasteiger partial charge in [0.15, 0.2) is 0 Å². The van der Waals surface area contributed by atoms with Crippen LogP contribution in [-0.4, -0.2) is 44.1 Å². The molecule has 1 aliphatic rings. The number of carbonyl (C=O) groups excluding carboxylic acids is 2. The molecule has 3 rings (SSSR count). The maximum absolute atomic E-state index is 12.9. The smallest absolute Gasteiger partial charge is 0.321 e. The first kappa shape index (κ1) is 22.7. The van der Waals surface area contributed by atoms with Crippen LogP contribution in [0.5, 0.6) is 11.5 Å². The Labute approximate surface area is 187 Å². The Morgan fingerprint density at radius 3 is 2.32 bits per heavy atom. The molecule has 166 valence electrons. The van der Waals surface area contributed by atoms with Gasteiger partial charge in [-0.3, -0.25) is 4.79 Å². The van der Waals surface area contributed by atoms with Crippen molar-refractivity contribution in [2.24, 2.45) is 11.8 Å². The number of piperidine rings is 1. The van der Waals surface area contributed by atoms with Gasteiger partial charge in [0, 0.05) is 35.8 Å². The molecule has 0 radical (unpaired) electrons. The minimum Gasteiger partial charge on any atom is -0.497 e. The van der Waals surface area contributed by atoms with Gasteiger partial charge >= 0.3 is 6.03 Å². The van der Waals surface area contributed by atoms with E-state index < -0.39 is 0 Å². The van der Waals surface area contributed by atoms with Gasteiger partial charge in [-0.2, -0.15) is 0 Å². The van der Waals surface area contributed by atoms with Crippen molar-refractivity contribution in [3.8, 4) is 11.5 Å². The summed E-state index contributed by atoms with van der Waals surface area (Å²) in [7, 11) is 3.14. The van der Waals surface area contributed by atoms with E-state index in [1.165, 1.54) is 0 Å². The molecule has 2 N–H and O–H groups in total. The molecule has 31 heavy (non-hydrogen) atoms. The molecule has 1 heterocycles. The summed E-state index contributed by atoms with van der Waals surface area (Å²) in [5, 5.41) is 6.46. The third-order valence-electron chi connectivity index (χ3n) is 5.71. The number of carbonyl (C=O) groups is 2. The molecule has 2 aromatic rings. The molecule has 7 nitrogen and oxygen atoms in total. The lowest BCUT2D eigenvalue weighted by Gasteiger charge is -2.34. The number of benzene rings is 2. The fraction of sp³-hybridized carbons (Fsp3) is 0.391. The summed E-state index contributed by atoms with van der Waals surface area (Å²) in [6.45, 7) is 3.13. The van der Waals surface area contributed by atoms with Crippen LogP contribution >= 0.6 is 11.6 Å². The Hall–Kier alpha value is -2.93. The maximum Gasteiger partial charge on any atom is 0.321 e. The Kier molecular flexibility index (Phi) is 7.63. The summed E-state index contributed by atoms with van der Waals surface area (Å²) in [6, 6.07) is 12.2. The molecule has 0 unspecified atom stereocenters. The summed E-state index contributed by atoms with van der Waals surface area (Å²) >= 11 is 5.88. The highest BCUT2D eigenvalue weighted by atomic mass is 35.5. The molecule has 0 saturated carbocycles. The summed E-state index contributed by atoms with van der Waals surface area (Å²) in [4.78, 5) is 27.1. The van der Waals surface area contributed by atoms with E-state index in [-0.39, 0.29) is 23.8 Å². The van der Waals surface area contributed by atoms with Gasteiger partial charge in [0.05, 0.1) is 19.9 Å². The van der Waals surface area contributed by atoms with Crippen LogP contribution in [0.3, 0.4) is 0 Å². The number of hydrogen-bond acceptors (Lipinski definition) is 4. The Bertz CT molecular complexity index is 912. The second-order valence-corrected chi connectivity index (χ2v) is 8.04. The molecule has 0 bridgehead atoms. The molecule has 0 spiro atoms. The quantitative estimate of drug-likeness (QED) is 0.664. The van der Waals surface area contributed by atoms with Gasteiger partial charge in [-0.1, -0.05) is 18.5 Å². The molecular weight excluding hydrogens is 418 g/mol. The minimum atomic E-state index is -0.197. The third kappa shape index (κ3) is 5.82. The second-order valence-electron chi connectivity index (χ2n) is 7.61. The number of urea groups is 1. The molecule has 0 aromatic heterocycles. The van der Waals surface area contributed by atoms with Crippen LogP contribution in [-0.2, 0) is 4.79 Å². The number of nitrogens with zero attached hydrogens (tertiary/aromatic N) is 1. The Morgan fingerprint density at radius 1 is 1.03 bits per heavy atom. The minimum absolute atomic E-state index is 0.0735. The zero-order chi connectivity index (χ0) is 22.4. The highest BCUT2D eigenvalue weighted by Crippen LogP contribution is 2.31. The van der Waals surface area contributed by atoms with Gasteiger partial charge in [-0.15, -0.1) is 0 Å². The van der Waals surface area contributed by atoms with E-state index in [1.807, 2.05) is 6.92 Å². The van der Waals surface area contributed by atoms with E-state index in [0.29, 0.717) is 41.0 Å². The first-order valence-corrected chi connectivity index (χ1v) is 10.6. The summed E-state index contributed by atoms with van der Waals surface area (Å²) in [5.41, 5.74) is 1.29. The van der Waals surface area contributed by atoms with Crippen molar-refractivity contribution in [1.82, 2.24) is 4.90 Å². The van der Waals surface area contributed by atoms with Crippen LogP contribution in [0, 0.1) is 11.8 Å². The van der Waals surface area contributed by atoms with Crippen molar-refractivity contribution in [1.29, 1.82) is 0 Å². The standard InChI is InChI=1S/C23H28ClN3O4/c1-15(22(28)26-20-14-19(30-2)8-9-21(20)31-3)16-10-12-27(13-11-16)23(29)25-18-6-4-17(24)5-7-18/h4-9,14-16H,10-13H2,1-3H3,(H,25,29)(H,26,28)/t15-/m1/s1. The molecular formula is C23H28ClN3O4. The summed E-state index contributed by atoms with van der Waals surface area (Å²) < 4.78 is 10.6. The lowest BCUT2D eigenvalue weighted by atomic mass is 9.85. The number of ether oxygens (including phenoxy) is 2. The number of anilines is 2. The van der Waals surface area contributed by atoms with Crippen LogP contribution in [0.25, 0.3) is 0 Å². The van der Waals surface area contributed by atoms with Crippen LogP contribution < -0.4 is 20.1 Å². The SMILES string of the molecule is COc1ccc(OC)c(NC(=O)[C@H](C)C2CCN(C(=O)Nc3ccc(Cl)cc3)CC2)c1. The lowest BCUT2D eigenvalue weighted by Crippen LogP contribution is -2.43. The van der Waals surface area contributed by atoms with E-state index in [0.717, 1.165) is 12.8 Å². The number of hydrogen-bond donors (Lipinski definition) is 2. The van der Waals surface area contributed by atoms with Crippen molar-refractivity contribution < 1.29 is 19.1 Å². The van der Waals surface area contributed by atoms with Gasteiger partial charge in [-0.25, -0.2) is 4.79 Å². The molecule has 2 aromatic carbocycles. The molecule has 8 heteroatoms.